The van der Waals surface area contributed by atoms with Gasteiger partial charge in [0.1, 0.15) is 5.66 Å². The standard InChI is InChI=1S/C24H30N2O/c1-23(2,3)17-18-13-15-24(16-14-18)25-21-12-8-7-11-20(21)22(27)26(24)19-9-5-4-6-10-19/h4-12,18,25H,13-17H2,1-3H3. The van der Waals surface area contributed by atoms with Crippen LogP contribution in [-0.2, 0) is 0 Å². The lowest BCUT2D eigenvalue weighted by molar-refractivity contribution is 0.0920. The zero-order valence-corrected chi connectivity index (χ0v) is 16.7. The molecule has 0 radical (unpaired) electrons. The molecule has 2 aromatic rings. The molecule has 142 valence electrons. The van der Waals surface area contributed by atoms with Crippen molar-refractivity contribution in [1.29, 1.82) is 0 Å². The van der Waals surface area contributed by atoms with Gasteiger partial charge < -0.3 is 5.32 Å². The Labute approximate surface area is 162 Å². The summed E-state index contributed by atoms with van der Waals surface area (Å²) in [5.74, 6) is 0.854. The molecule has 0 atom stereocenters. The van der Waals surface area contributed by atoms with Gasteiger partial charge in [-0.05, 0) is 67.7 Å². The molecule has 3 heteroatoms. The maximum atomic E-state index is 13.5. The predicted octanol–water partition coefficient (Wildman–Crippen LogP) is 6.08. The fourth-order valence-electron chi connectivity index (χ4n) is 4.92. The van der Waals surface area contributed by atoms with Crippen molar-refractivity contribution in [3.05, 3.63) is 60.2 Å². The topological polar surface area (TPSA) is 32.3 Å². The lowest BCUT2D eigenvalue weighted by Crippen LogP contribution is -2.62. The normalized spacial score (nSPS) is 25.2. The summed E-state index contributed by atoms with van der Waals surface area (Å²) in [4.78, 5) is 15.5. The molecule has 1 fully saturated rings. The van der Waals surface area contributed by atoms with Crippen molar-refractivity contribution < 1.29 is 4.79 Å². The van der Waals surface area contributed by atoms with Crippen LogP contribution in [0.1, 0.15) is 63.2 Å². The van der Waals surface area contributed by atoms with Crippen LogP contribution in [0.5, 0.6) is 0 Å². The van der Waals surface area contributed by atoms with E-state index in [2.05, 4.69) is 38.2 Å². The van der Waals surface area contributed by atoms with Crippen LogP contribution in [0.15, 0.2) is 54.6 Å². The molecule has 1 saturated carbocycles. The molecule has 0 unspecified atom stereocenters. The first-order chi connectivity index (χ1) is 12.9. The fourth-order valence-corrected chi connectivity index (χ4v) is 4.92. The Morgan fingerprint density at radius 1 is 1.00 bits per heavy atom. The summed E-state index contributed by atoms with van der Waals surface area (Å²) in [6, 6.07) is 18.1. The number of nitrogens with one attached hydrogen (secondary N) is 1. The largest absolute Gasteiger partial charge is 0.362 e. The molecule has 2 aliphatic rings. The van der Waals surface area contributed by atoms with Gasteiger partial charge in [0.25, 0.3) is 5.91 Å². The summed E-state index contributed by atoms with van der Waals surface area (Å²) in [5.41, 5.74) is 2.77. The highest BCUT2D eigenvalue weighted by atomic mass is 16.2. The van der Waals surface area contributed by atoms with Crippen LogP contribution < -0.4 is 10.2 Å². The van der Waals surface area contributed by atoms with Gasteiger partial charge in [-0.3, -0.25) is 9.69 Å². The van der Waals surface area contributed by atoms with Gasteiger partial charge in [0.15, 0.2) is 0 Å². The highest BCUT2D eigenvalue weighted by molar-refractivity contribution is 6.12. The van der Waals surface area contributed by atoms with Gasteiger partial charge in [0.2, 0.25) is 0 Å². The molecule has 1 aliphatic carbocycles. The number of hydrogen-bond donors (Lipinski definition) is 1. The Bertz CT molecular complexity index is 814. The van der Waals surface area contributed by atoms with E-state index in [4.69, 9.17) is 0 Å². The van der Waals surface area contributed by atoms with E-state index in [0.29, 0.717) is 5.41 Å². The molecular weight excluding hydrogens is 332 g/mol. The van der Waals surface area contributed by atoms with Gasteiger partial charge in [-0.1, -0.05) is 51.1 Å². The van der Waals surface area contributed by atoms with Gasteiger partial charge in [0, 0.05) is 11.4 Å². The minimum Gasteiger partial charge on any atom is -0.362 e. The molecule has 0 bridgehead atoms. The van der Waals surface area contributed by atoms with Gasteiger partial charge >= 0.3 is 0 Å². The number of nitrogens with zero attached hydrogens (tertiary/aromatic N) is 1. The highest BCUT2D eigenvalue weighted by Gasteiger charge is 2.47. The van der Waals surface area contributed by atoms with E-state index in [0.717, 1.165) is 48.5 Å². The zero-order chi connectivity index (χ0) is 19.1. The third-order valence-electron chi connectivity index (χ3n) is 6.00. The quantitative estimate of drug-likeness (QED) is 0.702. The summed E-state index contributed by atoms with van der Waals surface area (Å²) in [5, 5.41) is 3.78. The number of amides is 1. The van der Waals surface area contributed by atoms with E-state index in [1.807, 2.05) is 47.4 Å². The Balaban J connectivity index is 1.69. The third kappa shape index (κ3) is 3.47. The summed E-state index contributed by atoms with van der Waals surface area (Å²) in [7, 11) is 0. The molecule has 3 nitrogen and oxygen atoms in total. The monoisotopic (exact) mass is 362 g/mol. The van der Waals surface area contributed by atoms with Crippen LogP contribution in [0.4, 0.5) is 11.4 Å². The van der Waals surface area contributed by atoms with E-state index >= 15 is 0 Å². The van der Waals surface area contributed by atoms with E-state index in [-0.39, 0.29) is 11.6 Å². The van der Waals surface area contributed by atoms with Crippen molar-refractivity contribution in [2.75, 3.05) is 10.2 Å². The number of anilines is 2. The molecule has 1 N–H and O–H groups in total. The molecule has 1 aliphatic heterocycles. The van der Waals surface area contributed by atoms with Gasteiger partial charge in [0.05, 0.1) is 5.56 Å². The molecule has 1 spiro atoms. The van der Waals surface area contributed by atoms with Crippen LogP contribution in [0, 0.1) is 11.3 Å². The van der Waals surface area contributed by atoms with E-state index in [9.17, 15) is 4.79 Å². The smallest absolute Gasteiger partial charge is 0.262 e. The summed E-state index contributed by atoms with van der Waals surface area (Å²) in [6.07, 6.45) is 5.54. The van der Waals surface area contributed by atoms with Crippen molar-refractivity contribution in [2.45, 2.75) is 58.5 Å². The van der Waals surface area contributed by atoms with Crippen molar-refractivity contribution in [3.63, 3.8) is 0 Å². The molecule has 0 saturated heterocycles. The van der Waals surface area contributed by atoms with Gasteiger partial charge in [-0.15, -0.1) is 0 Å². The number of rotatable bonds is 2. The van der Waals surface area contributed by atoms with Crippen molar-refractivity contribution in [2.24, 2.45) is 11.3 Å². The summed E-state index contributed by atoms with van der Waals surface area (Å²) in [6.45, 7) is 6.98. The Hall–Kier alpha value is -2.29. The summed E-state index contributed by atoms with van der Waals surface area (Å²) < 4.78 is 0. The molecule has 4 rings (SSSR count). The van der Waals surface area contributed by atoms with E-state index in [1.54, 1.807) is 0 Å². The first-order valence-electron chi connectivity index (χ1n) is 10.1. The average Bonchev–Trinajstić information content (AvgIpc) is 2.64. The SMILES string of the molecule is CC(C)(C)CC1CCC2(CC1)Nc1ccccc1C(=O)N2c1ccccc1. The third-order valence-corrected chi connectivity index (χ3v) is 6.00. The van der Waals surface area contributed by atoms with Crippen LogP contribution in [-0.4, -0.2) is 11.6 Å². The van der Waals surface area contributed by atoms with Crippen molar-refractivity contribution in [3.8, 4) is 0 Å². The molecule has 1 amide bonds. The van der Waals surface area contributed by atoms with Crippen molar-refractivity contribution in [1.82, 2.24) is 0 Å². The van der Waals surface area contributed by atoms with Crippen LogP contribution in [0.3, 0.4) is 0 Å². The predicted molar refractivity (Wildman–Crippen MR) is 112 cm³/mol. The van der Waals surface area contributed by atoms with Crippen molar-refractivity contribution >= 4 is 17.3 Å². The van der Waals surface area contributed by atoms with Crippen LogP contribution in [0.25, 0.3) is 0 Å². The highest BCUT2D eigenvalue weighted by Crippen LogP contribution is 2.46. The van der Waals surface area contributed by atoms with Gasteiger partial charge in [-0.25, -0.2) is 0 Å². The first-order valence-corrected chi connectivity index (χ1v) is 10.1. The van der Waals surface area contributed by atoms with Gasteiger partial charge in [-0.2, -0.15) is 0 Å². The van der Waals surface area contributed by atoms with E-state index in [1.165, 1.54) is 6.42 Å². The number of fused-ring (bicyclic) bond motifs is 1. The lowest BCUT2D eigenvalue weighted by atomic mass is 9.73. The second kappa shape index (κ2) is 6.70. The summed E-state index contributed by atoms with van der Waals surface area (Å²) >= 11 is 0. The minimum absolute atomic E-state index is 0.116. The zero-order valence-electron chi connectivity index (χ0n) is 16.7. The van der Waals surface area contributed by atoms with E-state index < -0.39 is 0 Å². The van der Waals surface area contributed by atoms with Crippen LogP contribution >= 0.6 is 0 Å². The minimum atomic E-state index is -0.318. The number of benzene rings is 2. The molecular formula is C24H30N2O. The lowest BCUT2D eigenvalue weighted by Gasteiger charge is -2.52. The second-order valence-electron chi connectivity index (χ2n) is 9.39. The Morgan fingerprint density at radius 3 is 2.30 bits per heavy atom. The fraction of sp³-hybridized carbons (Fsp3) is 0.458. The molecule has 2 aromatic carbocycles. The molecule has 0 aromatic heterocycles. The first kappa shape index (κ1) is 18.1. The maximum Gasteiger partial charge on any atom is 0.262 e. The molecule has 27 heavy (non-hydrogen) atoms. The number of carbonyl (C=O) groups excluding carboxylic acids is 1. The Morgan fingerprint density at radius 2 is 1.63 bits per heavy atom. The number of carbonyl (C=O) groups is 1. The second-order valence-corrected chi connectivity index (χ2v) is 9.39. The molecule has 1 heterocycles. The number of hydrogen-bond acceptors (Lipinski definition) is 2. The maximum absolute atomic E-state index is 13.5. The average molecular weight is 363 g/mol. The number of para-hydroxylation sites is 2. The van der Waals surface area contributed by atoms with Crippen LogP contribution in [0.2, 0.25) is 0 Å². The Kier molecular flexibility index (Phi) is 4.49.